The van der Waals surface area contributed by atoms with Crippen molar-refractivity contribution in [1.82, 2.24) is 0 Å². The number of aryl methyl sites for hydroxylation is 1. The van der Waals surface area contributed by atoms with Crippen LogP contribution in [0, 0.1) is 6.92 Å². The van der Waals surface area contributed by atoms with Gasteiger partial charge in [0.05, 0.1) is 11.2 Å². The summed E-state index contributed by atoms with van der Waals surface area (Å²) in [6, 6.07) is 12.8. The minimum atomic E-state index is -0.539. The van der Waals surface area contributed by atoms with Crippen molar-refractivity contribution in [2.75, 3.05) is 5.32 Å². The van der Waals surface area contributed by atoms with Crippen LogP contribution in [0.5, 0.6) is 0 Å². The molecule has 1 aliphatic rings. The van der Waals surface area contributed by atoms with Crippen molar-refractivity contribution in [3.8, 4) is 0 Å². The predicted molar refractivity (Wildman–Crippen MR) is 106 cm³/mol. The van der Waals surface area contributed by atoms with E-state index in [2.05, 4.69) is 5.32 Å². The van der Waals surface area contributed by atoms with Crippen molar-refractivity contribution < 1.29 is 14.1 Å². The zero-order chi connectivity index (χ0) is 19.1. The van der Waals surface area contributed by atoms with Gasteiger partial charge >= 0.3 is 7.12 Å². The predicted octanol–water partition coefficient (Wildman–Crippen LogP) is 4.20. The van der Waals surface area contributed by atoms with Gasteiger partial charge in [-0.15, -0.1) is 0 Å². The van der Waals surface area contributed by atoms with E-state index in [1.807, 2.05) is 58.9 Å². The number of rotatable bonds is 3. The van der Waals surface area contributed by atoms with E-state index >= 15 is 0 Å². The molecule has 0 aliphatic carbocycles. The van der Waals surface area contributed by atoms with E-state index in [9.17, 15) is 4.79 Å². The quantitative estimate of drug-likeness (QED) is 0.823. The lowest BCUT2D eigenvalue weighted by molar-refractivity contribution is 0.00578. The summed E-state index contributed by atoms with van der Waals surface area (Å²) in [5.74, 6) is -0.192. The molecule has 3 rings (SSSR count). The number of hydrogen-bond acceptors (Lipinski definition) is 3. The molecular formula is C20H23BClNO3. The summed E-state index contributed by atoms with van der Waals surface area (Å²) in [5.41, 5.74) is 1.99. The molecule has 0 unspecified atom stereocenters. The largest absolute Gasteiger partial charge is 0.496 e. The molecule has 1 aliphatic heterocycles. The van der Waals surface area contributed by atoms with E-state index in [-0.39, 0.29) is 5.91 Å². The SMILES string of the molecule is Cc1cc(Cl)ccc1C(=O)Nc1ccccc1B1OC(C)(C)C(C)(C)O1. The lowest BCUT2D eigenvalue weighted by Crippen LogP contribution is -2.41. The Bertz CT molecular complexity index is 835. The summed E-state index contributed by atoms with van der Waals surface area (Å²) in [6.07, 6.45) is 0. The fourth-order valence-electron chi connectivity index (χ4n) is 2.86. The van der Waals surface area contributed by atoms with Gasteiger partial charge < -0.3 is 14.6 Å². The summed E-state index contributed by atoms with van der Waals surface area (Å²) in [5, 5.41) is 3.58. The van der Waals surface area contributed by atoms with E-state index in [0.717, 1.165) is 11.0 Å². The smallest absolute Gasteiger partial charge is 0.399 e. The van der Waals surface area contributed by atoms with Crippen LogP contribution in [-0.2, 0) is 9.31 Å². The van der Waals surface area contributed by atoms with Crippen LogP contribution in [0.25, 0.3) is 0 Å². The Morgan fingerprint density at radius 2 is 1.65 bits per heavy atom. The van der Waals surface area contributed by atoms with Crippen LogP contribution in [0.1, 0.15) is 43.6 Å². The second-order valence-corrected chi connectivity index (χ2v) is 8.03. The fraction of sp³-hybridized carbons (Fsp3) is 0.350. The van der Waals surface area contributed by atoms with Crippen molar-refractivity contribution in [1.29, 1.82) is 0 Å². The standard InChI is InChI=1S/C20H23BClNO3/c1-13-12-14(22)10-11-15(13)18(24)23-17-9-7-6-8-16(17)21-25-19(2,3)20(4,5)26-21/h6-12H,1-5H3,(H,23,24). The van der Waals surface area contributed by atoms with Gasteiger partial charge in [0.1, 0.15) is 0 Å². The molecule has 1 N–H and O–H groups in total. The Kier molecular flexibility index (Phi) is 4.91. The molecule has 0 radical (unpaired) electrons. The highest BCUT2D eigenvalue weighted by Gasteiger charge is 2.52. The van der Waals surface area contributed by atoms with Gasteiger partial charge in [0.2, 0.25) is 0 Å². The van der Waals surface area contributed by atoms with E-state index < -0.39 is 18.3 Å². The molecule has 26 heavy (non-hydrogen) atoms. The second kappa shape index (κ2) is 6.73. The molecule has 1 fully saturated rings. The molecule has 0 bridgehead atoms. The van der Waals surface area contributed by atoms with Crippen LogP contribution in [0.15, 0.2) is 42.5 Å². The van der Waals surface area contributed by atoms with Crippen LogP contribution in [0.2, 0.25) is 5.02 Å². The topological polar surface area (TPSA) is 47.6 Å². The average molecular weight is 372 g/mol. The first-order chi connectivity index (χ1) is 12.1. The van der Waals surface area contributed by atoms with E-state index in [1.54, 1.807) is 18.2 Å². The third-order valence-electron chi connectivity index (χ3n) is 5.15. The maximum Gasteiger partial charge on any atom is 0.496 e. The summed E-state index contributed by atoms with van der Waals surface area (Å²) in [6.45, 7) is 9.88. The lowest BCUT2D eigenvalue weighted by atomic mass is 9.77. The molecule has 1 heterocycles. The van der Waals surface area contributed by atoms with Crippen molar-refractivity contribution in [3.63, 3.8) is 0 Å². The second-order valence-electron chi connectivity index (χ2n) is 7.59. The van der Waals surface area contributed by atoms with Crippen molar-refractivity contribution >= 4 is 35.8 Å². The Hall–Kier alpha value is -1.82. The van der Waals surface area contributed by atoms with Crippen LogP contribution in [-0.4, -0.2) is 24.2 Å². The number of para-hydroxylation sites is 1. The molecule has 6 heteroatoms. The highest BCUT2D eigenvalue weighted by molar-refractivity contribution is 6.64. The van der Waals surface area contributed by atoms with Crippen molar-refractivity contribution in [2.45, 2.75) is 45.8 Å². The molecule has 2 aromatic carbocycles. The third kappa shape index (κ3) is 3.52. The normalized spacial score (nSPS) is 18.0. The fourth-order valence-corrected chi connectivity index (χ4v) is 3.08. The molecule has 1 amide bonds. The Labute approximate surface area is 160 Å². The summed E-state index contributed by atoms with van der Waals surface area (Å²) in [4.78, 5) is 12.7. The minimum Gasteiger partial charge on any atom is -0.399 e. The van der Waals surface area contributed by atoms with Gasteiger partial charge in [-0.3, -0.25) is 4.79 Å². The first kappa shape index (κ1) is 19.0. The highest BCUT2D eigenvalue weighted by Crippen LogP contribution is 2.37. The van der Waals surface area contributed by atoms with Crippen LogP contribution in [0.4, 0.5) is 5.69 Å². The Morgan fingerprint density at radius 1 is 1.04 bits per heavy atom. The van der Waals surface area contributed by atoms with Gasteiger partial charge in [-0.2, -0.15) is 0 Å². The van der Waals surface area contributed by atoms with Crippen molar-refractivity contribution in [2.24, 2.45) is 0 Å². The number of amides is 1. The van der Waals surface area contributed by atoms with E-state index in [1.165, 1.54) is 0 Å². The van der Waals surface area contributed by atoms with Crippen molar-refractivity contribution in [3.05, 3.63) is 58.6 Å². The lowest BCUT2D eigenvalue weighted by Gasteiger charge is -2.32. The van der Waals surface area contributed by atoms with Gasteiger partial charge in [0, 0.05) is 21.7 Å². The van der Waals surface area contributed by atoms with Gasteiger partial charge in [0.15, 0.2) is 0 Å². The van der Waals surface area contributed by atoms with Crippen LogP contribution >= 0.6 is 11.6 Å². The third-order valence-corrected chi connectivity index (χ3v) is 5.38. The molecule has 0 saturated carbocycles. The molecule has 0 spiro atoms. The number of carbonyl (C=O) groups is 1. The van der Waals surface area contributed by atoms with Gasteiger partial charge in [0.25, 0.3) is 5.91 Å². The first-order valence-electron chi connectivity index (χ1n) is 8.63. The molecule has 1 saturated heterocycles. The monoisotopic (exact) mass is 371 g/mol. The number of hydrogen-bond donors (Lipinski definition) is 1. The molecule has 0 aromatic heterocycles. The number of carbonyl (C=O) groups excluding carboxylic acids is 1. The number of halogens is 1. The zero-order valence-corrected chi connectivity index (χ0v) is 16.5. The molecule has 4 nitrogen and oxygen atoms in total. The Balaban J connectivity index is 1.88. The van der Waals surface area contributed by atoms with Gasteiger partial charge in [-0.25, -0.2) is 0 Å². The molecule has 136 valence electrons. The highest BCUT2D eigenvalue weighted by atomic mass is 35.5. The number of nitrogens with one attached hydrogen (secondary N) is 1. The summed E-state index contributed by atoms with van der Waals surface area (Å²) in [7, 11) is -0.539. The van der Waals surface area contributed by atoms with E-state index in [0.29, 0.717) is 16.3 Å². The zero-order valence-electron chi connectivity index (χ0n) is 15.7. The summed E-state index contributed by atoms with van der Waals surface area (Å²) >= 11 is 5.98. The maximum absolute atomic E-state index is 12.7. The molecule has 2 aromatic rings. The molecular weight excluding hydrogens is 348 g/mol. The minimum absolute atomic E-state index is 0.192. The van der Waals surface area contributed by atoms with Crippen LogP contribution in [0.3, 0.4) is 0 Å². The maximum atomic E-state index is 12.7. The van der Waals surface area contributed by atoms with E-state index in [4.69, 9.17) is 20.9 Å². The Morgan fingerprint density at radius 3 is 2.27 bits per heavy atom. The molecule has 0 atom stereocenters. The number of anilines is 1. The van der Waals surface area contributed by atoms with Crippen LogP contribution < -0.4 is 10.8 Å². The first-order valence-corrected chi connectivity index (χ1v) is 9.00. The van der Waals surface area contributed by atoms with Gasteiger partial charge in [-0.1, -0.05) is 29.8 Å². The summed E-state index contributed by atoms with van der Waals surface area (Å²) < 4.78 is 12.3. The number of benzene rings is 2. The van der Waals surface area contributed by atoms with Gasteiger partial charge in [-0.05, 0) is 64.4 Å². The average Bonchev–Trinajstić information content (AvgIpc) is 2.75.